The summed E-state index contributed by atoms with van der Waals surface area (Å²) < 4.78 is 6.16. The fourth-order valence-electron chi connectivity index (χ4n) is 4.49. The number of carbonyl (C=O) groups excluding carboxylic acids is 2. The SMILES string of the molecule is O=C(Nc1cccc(-c2cc3c(o2)CCN(C(=O)c2cccs2)C3)c1)c1ccc2ccccc2c1. The van der Waals surface area contributed by atoms with Gasteiger partial charge in [-0.1, -0.05) is 48.5 Å². The zero-order valence-electron chi connectivity index (χ0n) is 18.9. The molecular formula is C29H22N2O3S. The third-order valence-electron chi connectivity index (χ3n) is 6.30. The summed E-state index contributed by atoms with van der Waals surface area (Å²) in [7, 11) is 0. The third kappa shape index (κ3) is 4.24. The number of fused-ring (bicyclic) bond motifs is 2. The van der Waals surface area contributed by atoms with Gasteiger partial charge in [0.15, 0.2) is 0 Å². The minimum absolute atomic E-state index is 0.0619. The number of thiophene rings is 1. The molecule has 1 aliphatic rings. The van der Waals surface area contributed by atoms with Crippen LogP contribution in [-0.2, 0) is 13.0 Å². The molecule has 0 saturated heterocycles. The van der Waals surface area contributed by atoms with Gasteiger partial charge in [0, 0.05) is 41.9 Å². The van der Waals surface area contributed by atoms with Gasteiger partial charge in [0.1, 0.15) is 11.5 Å². The molecule has 0 aliphatic carbocycles. The normalized spacial score (nSPS) is 13.0. The average molecular weight is 479 g/mol. The molecular weight excluding hydrogens is 456 g/mol. The molecule has 2 aromatic heterocycles. The van der Waals surface area contributed by atoms with Crippen LogP contribution in [0.5, 0.6) is 0 Å². The van der Waals surface area contributed by atoms with E-state index in [9.17, 15) is 9.59 Å². The van der Waals surface area contributed by atoms with E-state index in [0.717, 1.165) is 38.3 Å². The zero-order valence-corrected chi connectivity index (χ0v) is 19.7. The van der Waals surface area contributed by atoms with Gasteiger partial charge >= 0.3 is 0 Å². The van der Waals surface area contributed by atoms with Crippen LogP contribution < -0.4 is 5.32 Å². The maximum atomic E-state index is 12.9. The van der Waals surface area contributed by atoms with Crippen molar-refractivity contribution >= 4 is 39.6 Å². The van der Waals surface area contributed by atoms with E-state index in [1.165, 1.54) is 11.3 Å². The van der Waals surface area contributed by atoms with Crippen molar-refractivity contribution in [1.29, 1.82) is 0 Å². The average Bonchev–Trinajstić information content (AvgIpc) is 3.58. The fraction of sp³-hybridized carbons (Fsp3) is 0.103. The molecule has 2 amide bonds. The van der Waals surface area contributed by atoms with Crippen LogP contribution in [0.1, 0.15) is 31.4 Å². The van der Waals surface area contributed by atoms with E-state index in [2.05, 4.69) is 5.32 Å². The molecule has 0 bridgehead atoms. The summed E-state index contributed by atoms with van der Waals surface area (Å²) in [5.41, 5.74) is 3.22. The molecule has 3 heterocycles. The highest BCUT2D eigenvalue weighted by atomic mass is 32.1. The summed E-state index contributed by atoms with van der Waals surface area (Å²) >= 11 is 1.46. The molecule has 0 saturated carbocycles. The Morgan fingerprint density at radius 2 is 1.77 bits per heavy atom. The van der Waals surface area contributed by atoms with E-state index < -0.39 is 0 Å². The van der Waals surface area contributed by atoms with E-state index in [1.54, 1.807) is 0 Å². The van der Waals surface area contributed by atoms with Crippen molar-refractivity contribution < 1.29 is 14.0 Å². The highest BCUT2D eigenvalue weighted by molar-refractivity contribution is 7.12. The van der Waals surface area contributed by atoms with Gasteiger partial charge in [0.25, 0.3) is 11.8 Å². The van der Waals surface area contributed by atoms with Crippen molar-refractivity contribution in [2.75, 3.05) is 11.9 Å². The molecule has 6 heteroatoms. The lowest BCUT2D eigenvalue weighted by molar-refractivity contribution is 0.0734. The van der Waals surface area contributed by atoms with Gasteiger partial charge < -0.3 is 14.6 Å². The number of hydrogen-bond donors (Lipinski definition) is 1. The van der Waals surface area contributed by atoms with Crippen molar-refractivity contribution in [3.63, 3.8) is 0 Å². The minimum atomic E-state index is -0.158. The first kappa shape index (κ1) is 21.4. The molecule has 6 rings (SSSR count). The van der Waals surface area contributed by atoms with Crippen LogP contribution in [0.4, 0.5) is 5.69 Å². The summed E-state index contributed by atoms with van der Waals surface area (Å²) in [6, 6.07) is 27.1. The number of furan rings is 1. The largest absolute Gasteiger partial charge is 0.461 e. The molecule has 1 N–H and O–H groups in total. The summed E-state index contributed by atoms with van der Waals surface area (Å²) in [5.74, 6) is 1.56. The van der Waals surface area contributed by atoms with Crippen LogP contribution in [-0.4, -0.2) is 23.3 Å². The molecule has 5 aromatic rings. The van der Waals surface area contributed by atoms with E-state index >= 15 is 0 Å². The lowest BCUT2D eigenvalue weighted by Crippen LogP contribution is -2.35. The van der Waals surface area contributed by atoms with Gasteiger partial charge in [-0.15, -0.1) is 11.3 Å². The Bertz CT molecular complexity index is 1550. The number of hydrogen-bond acceptors (Lipinski definition) is 4. The van der Waals surface area contributed by atoms with Gasteiger partial charge in [-0.05, 0) is 52.6 Å². The predicted octanol–water partition coefficient (Wildman–Crippen LogP) is 6.61. The standard InChI is InChI=1S/C29H22N2O3S/c32-28(22-11-10-19-5-1-2-6-20(19)15-22)30-24-8-3-7-21(16-24)26-17-23-18-31(13-12-25(23)34-26)29(33)27-9-4-14-35-27/h1-11,14-17H,12-13,18H2,(H,30,32). The molecule has 172 valence electrons. The molecule has 0 spiro atoms. The number of nitrogens with zero attached hydrogens (tertiary/aromatic N) is 1. The van der Waals surface area contributed by atoms with Crippen LogP contribution in [0.15, 0.2) is 94.7 Å². The maximum Gasteiger partial charge on any atom is 0.264 e. The van der Waals surface area contributed by atoms with Crippen molar-refractivity contribution in [3.8, 4) is 11.3 Å². The monoisotopic (exact) mass is 478 g/mol. The highest BCUT2D eigenvalue weighted by Gasteiger charge is 2.25. The van der Waals surface area contributed by atoms with Crippen LogP contribution in [0.3, 0.4) is 0 Å². The van der Waals surface area contributed by atoms with Crippen molar-refractivity contribution in [3.05, 3.63) is 112 Å². The first-order valence-electron chi connectivity index (χ1n) is 11.5. The number of carbonyl (C=O) groups is 2. The number of benzene rings is 3. The molecule has 5 nitrogen and oxygen atoms in total. The Balaban J connectivity index is 1.20. The number of amides is 2. The summed E-state index contributed by atoms with van der Waals surface area (Å²) in [5, 5.41) is 7.05. The Hall–Kier alpha value is -4.16. The van der Waals surface area contributed by atoms with Crippen molar-refractivity contribution in [2.45, 2.75) is 13.0 Å². The maximum absolute atomic E-state index is 12.9. The Morgan fingerprint density at radius 1 is 0.886 bits per heavy atom. The molecule has 0 radical (unpaired) electrons. The topological polar surface area (TPSA) is 62.6 Å². The zero-order chi connectivity index (χ0) is 23.8. The number of rotatable bonds is 4. The Labute approximate surface area is 206 Å². The minimum Gasteiger partial charge on any atom is -0.461 e. The second-order valence-electron chi connectivity index (χ2n) is 8.61. The van der Waals surface area contributed by atoms with Crippen LogP contribution in [0, 0.1) is 0 Å². The first-order chi connectivity index (χ1) is 17.1. The van der Waals surface area contributed by atoms with E-state index in [-0.39, 0.29) is 11.8 Å². The molecule has 1 aliphatic heterocycles. The predicted molar refractivity (Wildman–Crippen MR) is 139 cm³/mol. The molecule has 0 unspecified atom stereocenters. The van der Waals surface area contributed by atoms with Gasteiger partial charge in [0.2, 0.25) is 0 Å². The molecule has 0 atom stereocenters. The van der Waals surface area contributed by atoms with Crippen LogP contribution in [0.2, 0.25) is 0 Å². The number of nitrogens with one attached hydrogen (secondary N) is 1. The molecule has 35 heavy (non-hydrogen) atoms. The van der Waals surface area contributed by atoms with Gasteiger partial charge in [-0.2, -0.15) is 0 Å². The fourth-order valence-corrected chi connectivity index (χ4v) is 5.18. The Morgan fingerprint density at radius 3 is 2.63 bits per heavy atom. The quantitative estimate of drug-likeness (QED) is 0.316. The van der Waals surface area contributed by atoms with Crippen molar-refractivity contribution in [1.82, 2.24) is 4.90 Å². The van der Waals surface area contributed by atoms with Gasteiger partial charge in [-0.25, -0.2) is 0 Å². The Kier molecular flexibility index (Phi) is 5.43. The number of anilines is 1. The highest BCUT2D eigenvalue weighted by Crippen LogP contribution is 2.31. The van der Waals surface area contributed by atoms with E-state index in [0.29, 0.717) is 30.8 Å². The second-order valence-corrected chi connectivity index (χ2v) is 9.56. The lowest BCUT2D eigenvalue weighted by Gasteiger charge is -2.25. The van der Waals surface area contributed by atoms with Crippen molar-refractivity contribution in [2.24, 2.45) is 0 Å². The third-order valence-corrected chi connectivity index (χ3v) is 7.16. The first-order valence-corrected chi connectivity index (χ1v) is 12.4. The van der Waals surface area contributed by atoms with E-state index in [1.807, 2.05) is 95.2 Å². The summed E-state index contributed by atoms with van der Waals surface area (Å²) in [4.78, 5) is 28.3. The van der Waals surface area contributed by atoms with Crippen LogP contribution >= 0.6 is 11.3 Å². The summed E-state index contributed by atoms with van der Waals surface area (Å²) in [6.07, 6.45) is 0.685. The lowest BCUT2D eigenvalue weighted by atomic mass is 10.1. The smallest absolute Gasteiger partial charge is 0.264 e. The van der Waals surface area contributed by atoms with Gasteiger partial charge in [0.05, 0.1) is 4.88 Å². The van der Waals surface area contributed by atoms with Crippen LogP contribution in [0.25, 0.3) is 22.1 Å². The molecule has 3 aromatic carbocycles. The van der Waals surface area contributed by atoms with Gasteiger partial charge in [-0.3, -0.25) is 9.59 Å². The van der Waals surface area contributed by atoms with E-state index in [4.69, 9.17) is 4.42 Å². The second kappa shape index (κ2) is 8.89. The molecule has 0 fully saturated rings. The summed E-state index contributed by atoms with van der Waals surface area (Å²) in [6.45, 7) is 1.17.